The highest BCUT2D eigenvalue weighted by atomic mass is 15.1. The van der Waals surface area contributed by atoms with Gasteiger partial charge in [-0.2, -0.15) is 0 Å². The van der Waals surface area contributed by atoms with Gasteiger partial charge in [-0.15, -0.1) is 0 Å². The Balaban J connectivity index is 1.56. The zero-order valence-corrected chi connectivity index (χ0v) is 22.4. The van der Waals surface area contributed by atoms with Gasteiger partial charge < -0.3 is 0 Å². The summed E-state index contributed by atoms with van der Waals surface area (Å²) >= 11 is 0. The predicted octanol–water partition coefficient (Wildman–Crippen LogP) is 9.94. The molecule has 8 rings (SSSR count). The number of fused-ring (bicyclic) bond motifs is 8. The van der Waals surface area contributed by atoms with Crippen molar-refractivity contribution in [2.45, 2.75) is 26.2 Å². The Kier molecular flexibility index (Phi) is 4.52. The highest BCUT2D eigenvalue weighted by molar-refractivity contribution is 6.10. The molecule has 1 aliphatic heterocycles. The summed E-state index contributed by atoms with van der Waals surface area (Å²) < 4.78 is 2.42. The van der Waals surface area contributed by atoms with Gasteiger partial charge >= 0.3 is 0 Å². The first-order valence-corrected chi connectivity index (χ1v) is 13.7. The molecule has 186 valence electrons. The molecule has 2 heteroatoms. The molecule has 0 radical (unpaired) electrons. The van der Waals surface area contributed by atoms with Gasteiger partial charge in [0.15, 0.2) is 0 Å². The maximum absolute atomic E-state index is 5.34. The molecule has 6 aromatic carbocycles. The molecule has 1 aliphatic rings. The number of hydrogen-bond acceptors (Lipinski definition) is 1. The predicted molar refractivity (Wildman–Crippen MR) is 165 cm³/mol. The summed E-state index contributed by atoms with van der Waals surface area (Å²) in [6, 6.07) is 42.1. The summed E-state index contributed by atoms with van der Waals surface area (Å²) in [6.07, 6.45) is 0. The number of benzene rings is 6. The second-order valence-corrected chi connectivity index (χ2v) is 11.7. The fraction of sp³-hybridized carbons (Fsp3) is 0.108. The third kappa shape index (κ3) is 3.18. The van der Waals surface area contributed by atoms with Crippen molar-refractivity contribution < 1.29 is 0 Å². The maximum Gasteiger partial charge on any atom is 0.145 e. The second kappa shape index (κ2) is 7.91. The Morgan fingerprint density at radius 2 is 1.28 bits per heavy atom. The molecular formula is C37H28N2. The van der Waals surface area contributed by atoms with Crippen LogP contribution in [-0.4, -0.2) is 9.55 Å². The lowest BCUT2D eigenvalue weighted by Crippen LogP contribution is -2.12. The van der Waals surface area contributed by atoms with Crippen molar-refractivity contribution in [1.29, 1.82) is 0 Å². The highest BCUT2D eigenvalue weighted by Crippen LogP contribution is 2.48. The summed E-state index contributed by atoms with van der Waals surface area (Å²) in [6.45, 7) is 6.89. The van der Waals surface area contributed by atoms with E-state index in [1.807, 2.05) is 0 Å². The average Bonchev–Trinajstić information content (AvgIpc) is 3.29. The number of rotatable bonds is 1. The second-order valence-electron chi connectivity index (χ2n) is 11.7. The Morgan fingerprint density at radius 1 is 0.590 bits per heavy atom. The molecule has 0 aliphatic carbocycles. The number of hydrogen-bond donors (Lipinski definition) is 0. The van der Waals surface area contributed by atoms with E-state index in [0.29, 0.717) is 0 Å². The summed E-state index contributed by atoms with van der Waals surface area (Å²) in [5.74, 6) is 0.984. The summed E-state index contributed by atoms with van der Waals surface area (Å²) in [7, 11) is 0. The third-order valence-electron chi connectivity index (χ3n) is 8.24. The van der Waals surface area contributed by atoms with Crippen LogP contribution in [0.4, 0.5) is 0 Å². The average molecular weight is 501 g/mol. The van der Waals surface area contributed by atoms with Gasteiger partial charge in [0.25, 0.3) is 0 Å². The first kappa shape index (κ1) is 22.3. The SMILES string of the molecule is CC(C)(C)c1cc(-c2nc3cccc4c3n2-c2ccc3ccccc3c2-c2ccccc2-4)cc2ccccc12. The van der Waals surface area contributed by atoms with Crippen LogP contribution in [0.25, 0.3) is 71.9 Å². The highest BCUT2D eigenvalue weighted by Gasteiger charge is 2.27. The molecule has 0 bridgehead atoms. The molecular weight excluding hydrogens is 472 g/mol. The van der Waals surface area contributed by atoms with Crippen molar-refractivity contribution in [3.63, 3.8) is 0 Å². The summed E-state index contributed by atoms with van der Waals surface area (Å²) in [5.41, 5.74) is 10.8. The molecule has 0 atom stereocenters. The quantitative estimate of drug-likeness (QED) is 0.219. The lowest BCUT2D eigenvalue weighted by molar-refractivity contribution is 0.596. The van der Waals surface area contributed by atoms with E-state index in [0.717, 1.165) is 16.9 Å². The zero-order chi connectivity index (χ0) is 26.3. The summed E-state index contributed by atoms with van der Waals surface area (Å²) in [4.78, 5) is 5.34. The normalized spacial score (nSPS) is 12.5. The minimum Gasteiger partial charge on any atom is -0.291 e. The zero-order valence-electron chi connectivity index (χ0n) is 22.4. The Bertz CT molecular complexity index is 2100. The summed E-state index contributed by atoms with van der Waals surface area (Å²) in [5, 5.41) is 5.06. The number of para-hydroxylation sites is 1. The van der Waals surface area contributed by atoms with Gasteiger partial charge in [-0.3, -0.25) is 4.57 Å². The largest absolute Gasteiger partial charge is 0.291 e. The van der Waals surface area contributed by atoms with Crippen LogP contribution in [0.2, 0.25) is 0 Å². The molecule has 0 N–H and O–H groups in total. The van der Waals surface area contributed by atoms with Crippen LogP contribution in [0, 0.1) is 0 Å². The van der Waals surface area contributed by atoms with E-state index >= 15 is 0 Å². The Hall–Kier alpha value is -4.69. The van der Waals surface area contributed by atoms with Gasteiger partial charge in [0, 0.05) is 16.7 Å². The lowest BCUT2D eigenvalue weighted by atomic mass is 9.82. The monoisotopic (exact) mass is 500 g/mol. The molecule has 0 spiro atoms. The van der Waals surface area contributed by atoms with E-state index in [4.69, 9.17) is 4.98 Å². The third-order valence-corrected chi connectivity index (χ3v) is 8.24. The van der Waals surface area contributed by atoms with Crippen molar-refractivity contribution >= 4 is 32.6 Å². The minimum atomic E-state index is -0.00405. The van der Waals surface area contributed by atoms with Crippen molar-refractivity contribution in [3.8, 4) is 39.3 Å². The molecule has 0 amide bonds. The fourth-order valence-electron chi connectivity index (χ4n) is 6.50. The van der Waals surface area contributed by atoms with Crippen molar-refractivity contribution in [3.05, 3.63) is 121 Å². The Labute approximate surface area is 228 Å². The van der Waals surface area contributed by atoms with E-state index in [1.165, 1.54) is 60.6 Å². The number of imidazole rings is 1. The van der Waals surface area contributed by atoms with Gasteiger partial charge in [-0.25, -0.2) is 4.98 Å². The van der Waals surface area contributed by atoms with Gasteiger partial charge in [-0.05, 0) is 67.9 Å². The van der Waals surface area contributed by atoms with Crippen LogP contribution < -0.4 is 0 Å². The minimum absolute atomic E-state index is 0.00405. The lowest BCUT2D eigenvalue weighted by Gasteiger charge is -2.23. The van der Waals surface area contributed by atoms with E-state index < -0.39 is 0 Å². The van der Waals surface area contributed by atoms with Gasteiger partial charge in [0.05, 0.1) is 16.7 Å². The molecule has 2 nitrogen and oxygen atoms in total. The first-order chi connectivity index (χ1) is 19.0. The van der Waals surface area contributed by atoms with Crippen LogP contribution in [-0.2, 0) is 5.41 Å². The maximum atomic E-state index is 5.34. The van der Waals surface area contributed by atoms with E-state index in [9.17, 15) is 0 Å². The van der Waals surface area contributed by atoms with Crippen molar-refractivity contribution in [2.75, 3.05) is 0 Å². The first-order valence-electron chi connectivity index (χ1n) is 13.7. The molecule has 0 saturated heterocycles. The van der Waals surface area contributed by atoms with Crippen LogP contribution in [0.15, 0.2) is 115 Å². The fourth-order valence-corrected chi connectivity index (χ4v) is 6.50. The van der Waals surface area contributed by atoms with Gasteiger partial charge in [-0.1, -0.05) is 112 Å². The van der Waals surface area contributed by atoms with Crippen LogP contribution >= 0.6 is 0 Å². The smallest absolute Gasteiger partial charge is 0.145 e. The standard InChI is InChI=1S/C37H28N2/c1-37(2,3)31-22-25(21-24-12-5-6-13-26(24)31)36-38-32-18-10-17-30-28-15-8-9-16-29(28)34-27-14-7-4-11-23(27)19-20-33(34)39(36)35(30)32/h4-22H,1-3H3. The molecule has 1 aromatic heterocycles. The molecule has 0 saturated carbocycles. The van der Waals surface area contributed by atoms with Crippen LogP contribution in [0.5, 0.6) is 0 Å². The molecule has 2 heterocycles. The van der Waals surface area contributed by atoms with Crippen molar-refractivity contribution in [1.82, 2.24) is 9.55 Å². The number of nitrogens with zero attached hydrogens (tertiary/aromatic N) is 2. The van der Waals surface area contributed by atoms with E-state index in [2.05, 4.69) is 141 Å². The molecule has 0 fully saturated rings. The number of aromatic nitrogens is 2. The Morgan fingerprint density at radius 3 is 2.10 bits per heavy atom. The van der Waals surface area contributed by atoms with E-state index in [-0.39, 0.29) is 5.41 Å². The molecule has 7 aromatic rings. The molecule has 0 unspecified atom stereocenters. The van der Waals surface area contributed by atoms with Crippen LogP contribution in [0.1, 0.15) is 26.3 Å². The van der Waals surface area contributed by atoms with Crippen LogP contribution in [0.3, 0.4) is 0 Å². The van der Waals surface area contributed by atoms with Gasteiger partial charge in [0.1, 0.15) is 5.82 Å². The van der Waals surface area contributed by atoms with Crippen molar-refractivity contribution in [2.24, 2.45) is 0 Å². The topological polar surface area (TPSA) is 17.8 Å². The van der Waals surface area contributed by atoms with Gasteiger partial charge in [0.2, 0.25) is 0 Å². The van der Waals surface area contributed by atoms with E-state index in [1.54, 1.807) is 0 Å². The molecule has 39 heavy (non-hydrogen) atoms.